The number of aryl methyl sites for hydroxylation is 1. The summed E-state index contributed by atoms with van der Waals surface area (Å²) < 4.78 is 0. The molecule has 1 aliphatic rings. The van der Waals surface area contributed by atoms with Crippen LogP contribution in [-0.4, -0.2) is 16.0 Å². The maximum absolute atomic E-state index is 12.7. The second kappa shape index (κ2) is 7.92. The number of fused-ring (bicyclic) bond motifs is 1. The Morgan fingerprint density at radius 1 is 1.31 bits per heavy atom. The van der Waals surface area contributed by atoms with Gasteiger partial charge < -0.3 is 5.11 Å². The van der Waals surface area contributed by atoms with Gasteiger partial charge >= 0.3 is 0 Å². The first kappa shape index (κ1) is 18.5. The van der Waals surface area contributed by atoms with Crippen LogP contribution in [0.15, 0.2) is 42.5 Å². The fourth-order valence-corrected chi connectivity index (χ4v) is 3.64. The van der Waals surface area contributed by atoms with Gasteiger partial charge in [0.25, 0.3) is 0 Å². The summed E-state index contributed by atoms with van der Waals surface area (Å²) in [6.07, 6.45) is 6.88. The van der Waals surface area contributed by atoms with Gasteiger partial charge in [-0.25, -0.2) is 0 Å². The van der Waals surface area contributed by atoms with Crippen molar-refractivity contribution in [2.75, 3.05) is 0 Å². The molecule has 0 fully saturated rings. The van der Waals surface area contributed by atoms with Crippen LogP contribution in [0.3, 0.4) is 0 Å². The SMILES string of the molecule is Cc1cc(C2Cc3cccc(O)c3C2=O)ccc1/C=C\CCCC(=O)S. The first-order chi connectivity index (χ1) is 12.5. The second-order valence-corrected chi connectivity index (χ2v) is 7.24. The fourth-order valence-electron chi connectivity index (χ4n) is 3.48. The highest BCUT2D eigenvalue weighted by Gasteiger charge is 2.33. The number of phenolic OH excluding ortho intramolecular Hbond substituents is 1. The third kappa shape index (κ3) is 3.91. The summed E-state index contributed by atoms with van der Waals surface area (Å²) >= 11 is 3.77. The van der Waals surface area contributed by atoms with Crippen LogP contribution in [0.2, 0.25) is 0 Å². The van der Waals surface area contributed by atoms with E-state index in [0.717, 1.165) is 35.1 Å². The van der Waals surface area contributed by atoms with Crippen LogP contribution in [-0.2, 0) is 11.2 Å². The molecule has 1 unspecified atom stereocenters. The standard InChI is InChI=1S/C22H22O3S/c1-14-12-16(11-10-15(14)6-3-2-4-9-20(24)26)18-13-17-7-5-8-19(23)21(17)22(18)25/h3,5-8,10-12,18,23H,2,4,9,13H2,1H3,(H,24,26)/b6-3-. The monoisotopic (exact) mass is 366 g/mol. The zero-order valence-electron chi connectivity index (χ0n) is 14.7. The predicted molar refractivity (Wildman–Crippen MR) is 107 cm³/mol. The molecule has 1 aliphatic carbocycles. The highest BCUT2D eigenvalue weighted by molar-refractivity contribution is 7.96. The van der Waals surface area contributed by atoms with Crippen LogP contribution < -0.4 is 0 Å². The van der Waals surface area contributed by atoms with Crippen molar-refractivity contribution in [2.45, 2.75) is 38.5 Å². The molecule has 0 spiro atoms. The lowest BCUT2D eigenvalue weighted by Gasteiger charge is -2.11. The highest BCUT2D eigenvalue weighted by atomic mass is 32.1. The number of ketones is 1. The summed E-state index contributed by atoms with van der Waals surface area (Å²) in [5.74, 6) is -0.153. The van der Waals surface area contributed by atoms with E-state index < -0.39 is 0 Å². The molecule has 4 heteroatoms. The first-order valence-electron chi connectivity index (χ1n) is 8.81. The van der Waals surface area contributed by atoms with E-state index in [1.165, 1.54) is 0 Å². The van der Waals surface area contributed by atoms with Gasteiger partial charge in [0, 0.05) is 6.42 Å². The molecule has 0 saturated carbocycles. The number of aromatic hydroxyl groups is 1. The lowest BCUT2D eigenvalue weighted by Crippen LogP contribution is -2.07. The lowest BCUT2D eigenvalue weighted by atomic mass is 9.92. The number of Topliss-reactive ketones (excluding diaryl/α,β-unsaturated/α-hetero) is 1. The minimum absolute atomic E-state index is 0.00258. The molecule has 0 aromatic heterocycles. The number of benzene rings is 2. The van der Waals surface area contributed by atoms with E-state index >= 15 is 0 Å². The van der Waals surface area contributed by atoms with Gasteiger partial charge in [-0.1, -0.05) is 42.5 Å². The maximum atomic E-state index is 12.7. The number of thiol groups is 1. The Morgan fingerprint density at radius 3 is 2.81 bits per heavy atom. The summed E-state index contributed by atoms with van der Waals surface area (Å²) in [5.41, 5.74) is 4.59. The van der Waals surface area contributed by atoms with Crippen molar-refractivity contribution >= 4 is 29.6 Å². The van der Waals surface area contributed by atoms with Crippen molar-refractivity contribution in [3.8, 4) is 5.75 Å². The van der Waals surface area contributed by atoms with E-state index in [9.17, 15) is 14.7 Å². The number of hydrogen-bond acceptors (Lipinski definition) is 3. The van der Waals surface area contributed by atoms with Crippen molar-refractivity contribution in [1.82, 2.24) is 0 Å². The summed E-state index contributed by atoms with van der Waals surface area (Å²) in [5, 5.41) is 9.91. The number of allylic oxidation sites excluding steroid dienone is 1. The van der Waals surface area contributed by atoms with Gasteiger partial charge in [0.2, 0.25) is 0 Å². The average Bonchev–Trinajstić information content (AvgIpc) is 2.93. The molecule has 0 amide bonds. The Balaban J connectivity index is 1.73. The van der Waals surface area contributed by atoms with Crippen LogP contribution in [0, 0.1) is 6.92 Å². The Labute approximate surface area is 159 Å². The van der Waals surface area contributed by atoms with E-state index in [1.54, 1.807) is 12.1 Å². The summed E-state index contributed by atoms with van der Waals surface area (Å²) in [7, 11) is 0. The van der Waals surface area contributed by atoms with Gasteiger partial charge in [-0.05, 0) is 54.5 Å². The number of rotatable bonds is 6. The minimum Gasteiger partial charge on any atom is -0.507 e. The van der Waals surface area contributed by atoms with Gasteiger partial charge in [0.1, 0.15) is 5.75 Å². The Hall–Kier alpha value is -2.33. The van der Waals surface area contributed by atoms with E-state index in [1.807, 2.05) is 25.1 Å². The zero-order chi connectivity index (χ0) is 18.7. The third-order valence-electron chi connectivity index (χ3n) is 4.87. The molecule has 0 bridgehead atoms. The number of carbonyl (C=O) groups is 2. The highest BCUT2D eigenvalue weighted by Crippen LogP contribution is 2.38. The second-order valence-electron chi connectivity index (χ2n) is 6.74. The van der Waals surface area contributed by atoms with E-state index in [4.69, 9.17) is 0 Å². The Bertz CT molecular complexity index is 883. The maximum Gasteiger partial charge on any atom is 0.185 e. The molecule has 134 valence electrons. The molecule has 0 radical (unpaired) electrons. The van der Waals surface area contributed by atoms with E-state index in [2.05, 4.69) is 30.8 Å². The molecule has 0 aliphatic heterocycles. The molecule has 26 heavy (non-hydrogen) atoms. The molecule has 0 saturated heterocycles. The van der Waals surface area contributed by atoms with Gasteiger partial charge in [0.05, 0.1) is 11.5 Å². The molecule has 3 rings (SSSR count). The predicted octanol–water partition coefficient (Wildman–Crippen LogP) is 4.86. The van der Waals surface area contributed by atoms with Gasteiger partial charge in [-0.2, -0.15) is 0 Å². The number of hydrogen-bond donors (Lipinski definition) is 2. The Morgan fingerprint density at radius 2 is 2.12 bits per heavy atom. The molecular weight excluding hydrogens is 344 g/mol. The van der Waals surface area contributed by atoms with Crippen LogP contribution >= 0.6 is 12.6 Å². The smallest absolute Gasteiger partial charge is 0.185 e. The van der Waals surface area contributed by atoms with Gasteiger partial charge in [-0.3, -0.25) is 9.59 Å². The van der Waals surface area contributed by atoms with Crippen molar-refractivity contribution < 1.29 is 14.7 Å². The number of phenols is 1. The molecule has 1 N–H and O–H groups in total. The average molecular weight is 366 g/mol. The van der Waals surface area contributed by atoms with E-state index in [0.29, 0.717) is 18.4 Å². The summed E-state index contributed by atoms with van der Waals surface area (Å²) in [6.45, 7) is 2.03. The van der Waals surface area contributed by atoms with Crippen LogP contribution in [0.1, 0.15) is 57.8 Å². The van der Waals surface area contributed by atoms with Crippen molar-refractivity contribution in [1.29, 1.82) is 0 Å². The molecular formula is C22H22O3S. The van der Waals surface area contributed by atoms with Crippen LogP contribution in [0.4, 0.5) is 0 Å². The first-order valence-corrected chi connectivity index (χ1v) is 9.26. The summed E-state index contributed by atoms with van der Waals surface area (Å²) in [6, 6.07) is 11.3. The fraction of sp³-hybridized carbons (Fsp3) is 0.273. The third-order valence-corrected chi connectivity index (χ3v) is 5.09. The Kier molecular flexibility index (Phi) is 5.62. The van der Waals surface area contributed by atoms with Crippen LogP contribution in [0.5, 0.6) is 5.75 Å². The molecule has 1 atom stereocenters. The topological polar surface area (TPSA) is 54.4 Å². The largest absolute Gasteiger partial charge is 0.507 e. The normalized spacial score (nSPS) is 16.2. The molecule has 2 aromatic rings. The quantitative estimate of drug-likeness (QED) is 0.567. The molecule has 3 nitrogen and oxygen atoms in total. The van der Waals surface area contributed by atoms with Crippen molar-refractivity contribution in [3.63, 3.8) is 0 Å². The molecule has 2 aromatic carbocycles. The van der Waals surface area contributed by atoms with E-state index in [-0.39, 0.29) is 22.6 Å². The number of unbranched alkanes of at least 4 members (excludes halogenated alkanes) is 1. The van der Waals surface area contributed by atoms with Gasteiger partial charge in [-0.15, -0.1) is 12.6 Å². The van der Waals surface area contributed by atoms with Crippen LogP contribution in [0.25, 0.3) is 6.08 Å². The van der Waals surface area contributed by atoms with Gasteiger partial charge in [0.15, 0.2) is 10.9 Å². The molecule has 0 heterocycles. The number of carbonyl (C=O) groups excluding carboxylic acids is 2. The van der Waals surface area contributed by atoms with Crippen molar-refractivity contribution in [2.24, 2.45) is 0 Å². The van der Waals surface area contributed by atoms with Crippen molar-refractivity contribution in [3.05, 3.63) is 70.3 Å². The lowest BCUT2D eigenvalue weighted by molar-refractivity contribution is -0.110. The minimum atomic E-state index is -0.226. The summed E-state index contributed by atoms with van der Waals surface area (Å²) in [4.78, 5) is 23.5. The zero-order valence-corrected chi connectivity index (χ0v) is 15.6.